The van der Waals surface area contributed by atoms with Crippen LogP contribution in [0.5, 0.6) is 0 Å². The topological polar surface area (TPSA) is 29.5 Å². The summed E-state index contributed by atoms with van der Waals surface area (Å²) in [7, 11) is 0. The Labute approximate surface area is 73.5 Å². The van der Waals surface area contributed by atoms with Crippen molar-refractivity contribution in [1.82, 2.24) is 0 Å². The predicted molar refractivity (Wildman–Crippen MR) is 46.8 cm³/mol. The molecule has 0 saturated heterocycles. The lowest BCUT2D eigenvalue weighted by Gasteiger charge is -2.12. The van der Waals surface area contributed by atoms with Gasteiger partial charge in [-0.3, -0.25) is 0 Å². The highest BCUT2D eigenvalue weighted by Crippen LogP contribution is 2.05. The zero-order valence-electron chi connectivity index (χ0n) is 7.22. The summed E-state index contributed by atoms with van der Waals surface area (Å²) >= 11 is 5.62. The highest BCUT2D eigenvalue weighted by Gasteiger charge is 2.09. The lowest BCUT2D eigenvalue weighted by Crippen LogP contribution is -2.20. The maximum Gasteiger partial charge on any atom is 0.156 e. The molecule has 3 heteroatoms. The zero-order chi connectivity index (χ0) is 8.69. The number of alkyl halides is 1. The number of unbranched alkanes of at least 4 members (excludes halogenated alkanes) is 2. The van der Waals surface area contributed by atoms with Crippen molar-refractivity contribution in [2.75, 3.05) is 6.61 Å². The van der Waals surface area contributed by atoms with Gasteiger partial charge in [-0.25, -0.2) is 0 Å². The second-order valence-corrected chi connectivity index (χ2v) is 3.10. The molecule has 1 N–H and O–H groups in total. The summed E-state index contributed by atoms with van der Waals surface area (Å²) in [6, 6.07) is 0. The Balaban J connectivity index is 3.10. The molecule has 0 aromatic heterocycles. The Morgan fingerprint density at radius 2 is 2.09 bits per heavy atom. The van der Waals surface area contributed by atoms with Crippen LogP contribution in [0.1, 0.15) is 33.1 Å². The minimum Gasteiger partial charge on any atom is -0.389 e. The molecule has 0 fully saturated rings. The van der Waals surface area contributed by atoms with Gasteiger partial charge in [0.15, 0.2) is 5.56 Å². The molecule has 0 aliphatic rings. The highest BCUT2D eigenvalue weighted by atomic mass is 35.5. The molecule has 0 aliphatic heterocycles. The Morgan fingerprint density at radius 1 is 1.45 bits per heavy atom. The molecule has 68 valence electrons. The van der Waals surface area contributed by atoms with Crippen molar-refractivity contribution in [2.24, 2.45) is 0 Å². The molecule has 0 rings (SSSR count). The largest absolute Gasteiger partial charge is 0.389 e. The van der Waals surface area contributed by atoms with Gasteiger partial charge in [-0.2, -0.15) is 0 Å². The zero-order valence-corrected chi connectivity index (χ0v) is 7.97. The number of hydrogen-bond donors (Lipinski definition) is 1. The van der Waals surface area contributed by atoms with Crippen LogP contribution >= 0.6 is 11.6 Å². The third-order valence-corrected chi connectivity index (χ3v) is 1.89. The molecule has 0 saturated carbocycles. The minimum atomic E-state index is -0.585. The molecule has 0 aromatic carbocycles. The first kappa shape index (κ1) is 11.2. The number of rotatable bonds is 6. The summed E-state index contributed by atoms with van der Waals surface area (Å²) in [6.07, 6.45) is 2.76. The van der Waals surface area contributed by atoms with Crippen LogP contribution in [0.15, 0.2) is 0 Å². The van der Waals surface area contributed by atoms with Gasteiger partial charge in [-0.15, -0.1) is 0 Å². The second-order valence-electron chi connectivity index (χ2n) is 2.67. The van der Waals surface area contributed by atoms with Crippen LogP contribution in [0, 0.1) is 0 Å². The average Bonchev–Trinajstić information content (AvgIpc) is 1.97. The monoisotopic (exact) mass is 180 g/mol. The summed E-state index contributed by atoms with van der Waals surface area (Å²) in [5, 5.41) is 8.92. The molecule has 2 atom stereocenters. The summed E-state index contributed by atoms with van der Waals surface area (Å²) < 4.78 is 5.12. The lowest BCUT2D eigenvalue weighted by molar-refractivity contribution is 0.0173. The van der Waals surface area contributed by atoms with E-state index in [-0.39, 0.29) is 0 Å². The van der Waals surface area contributed by atoms with E-state index in [4.69, 9.17) is 21.4 Å². The van der Waals surface area contributed by atoms with E-state index < -0.39 is 11.7 Å². The normalized spacial score (nSPS) is 16.4. The number of aliphatic hydroxyl groups excluding tert-OH is 1. The molecule has 0 radical (unpaired) electrons. The number of hydrogen-bond acceptors (Lipinski definition) is 2. The smallest absolute Gasteiger partial charge is 0.156 e. The van der Waals surface area contributed by atoms with E-state index in [0.717, 1.165) is 12.8 Å². The number of halogens is 1. The molecule has 0 spiro atoms. The van der Waals surface area contributed by atoms with Crippen molar-refractivity contribution >= 4 is 11.6 Å². The molecule has 2 unspecified atom stereocenters. The van der Waals surface area contributed by atoms with Crippen molar-refractivity contribution in [3.05, 3.63) is 0 Å². The van der Waals surface area contributed by atoms with Crippen LogP contribution in [0.2, 0.25) is 0 Å². The molecule has 11 heavy (non-hydrogen) atoms. The highest BCUT2D eigenvalue weighted by molar-refractivity contribution is 6.20. The van der Waals surface area contributed by atoms with Gasteiger partial charge in [0.05, 0.1) is 6.10 Å². The summed E-state index contributed by atoms with van der Waals surface area (Å²) in [5.41, 5.74) is -0.549. The Hall–Kier alpha value is 0.210. The Kier molecular flexibility index (Phi) is 7.02. The first-order valence-electron chi connectivity index (χ1n) is 4.12. The van der Waals surface area contributed by atoms with Crippen molar-refractivity contribution in [3.63, 3.8) is 0 Å². The molecule has 0 aliphatic carbocycles. The molecule has 0 bridgehead atoms. The van der Waals surface area contributed by atoms with Gasteiger partial charge in [-0.1, -0.05) is 31.4 Å². The third-order valence-electron chi connectivity index (χ3n) is 1.40. The van der Waals surface area contributed by atoms with E-state index in [2.05, 4.69) is 6.92 Å². The van der Waals surface area contributed by atoms with E-state index in [9.17, 15) is 0 Å². The third kappa shape index (κ3) is 6.60. The van der Waals surface area contributed by atoms with E-state index >= 15 is 0 Å². The molecule has 0 amide bonds. The van der Waals surface area contributed by atoms with Crippen LogP contribution in [-0.4, -0.2) is 23.4 Å². The predicted octanol–water partition coefficient (Wildman–Crippen LogP) is 2.14. The van der Waals surface area contributed by atoms with Gasteiger partial charge in [0.2, 0.25) is 0 Å². The lowest BCUT2D eigenvalue weighted by atomic mass is 10.3. The first-order chi connectivity index (χ1) is 5.18. The van der Waals surface area contributed by atoms with Gasteiger partial charge < -0.3 is 9.84 Å². The van der Waals surface area contributed by atoms with Crippen LogP contribution in [0.4, 0.5) is 0 Å². The van der Waals surface area contributed by atoms with Crippen LogP contribution in [0.3, 0.4) is 0 Å². The quantitative estimate of drug-likeness (QED) is 0.502. The SMILES string of the molecule is CCCCCOC(Cl)C(C)O. The first-order valence-corrected chi connectivity index (χ1v) is 4.56. The van der Waals surface area contributed by atoms with Gasteiger partial charge >= 0.3 is 0 Å². The fraction of sp³-hybridized carbons (Fsp3) is 1.00. The Morgan fingerprint density at radius 3 is 2.55 bits per heavy atom. The van der Waals surface area contributed by atoms with Crippen LogP contribution in [0.25, 0.3) is 0 Å². The van der Waals surface area contributed by atoms with Crippen LogP contribution in [-0.2, 0) is 4.74 Å². The standard InChI is InChI=1S/C8H17ClO2/c1-3-4-5-6-11-8(9)7(2)10/h7-8,10H,3-6H2,1-2H3. The number of ether oxygens (including phenoxy) is 1. The molecular formula is C8H17ClO2. The average molecular weight is 181 g/mol. The summed E-state index contributed by atoms with van der Waals surface area (Å²) in [6.45, 7) is 4.40. The van der Waals surface area contributed by atoms with Crippen molar-refractivity contribution in [2.45, 2.75) is 44.8 Å². The summed E-state index contributed by atoms with van der Waals surface area (Å²) in [5.74, 6) is 0. The molecule has 2 nitrogen and oxygen atoms in total. The van der Waals surface area contributed by atoms with Gasteiger partial charge in [0, 0.05) is 6.61 Å². The fourth-order valence-electron chi connectivity index (χ4n) is 0.687. The van der Waals surface area contributed by atoms with Gasteiger partial charge in [-0.05, 0) is 13.3 Å². The van der Waals surface area contributed by atoms with E-state index in [1.54, 1.807) is 6.92 Å². The van der Waals surface area contributed by atoms with E-state index in [1.165, 1.54) is 6.42 Å². The second kappa shape index (κ2) is 6.89. The van der Waals surface area contributed by atoms with Gasteiger partial charge in [0.1, 0.15) is 0 Å². The van der Waals surface area contributed by atoms with Crippen molar-refractivity contribution in [3.8, 4) is 0 Å². The maximum absolute atomic E-state index is 8.92. The number of aliphatic hydroxyl groups is 1. The molecule has 0 heterocycles. The molecular weight excluding hydrogens is 164 g/mol. The van der Waals surface area contributed by atoms with Crippen molar-refractivity contribution < 1.29 is 9.84 Å². The Bertz CT molecular complexity index is 86.2. The minimum absolute atomic E-state index is 0.549. The summed E-state index contributed by atoms with van der Waals surface area (Å²) in [4.78, 5) is 0. The van der Waals surface area contributed by atoms with Crippen molar-refractivity contribution in [1.29, 1.82) is 0 Å². The fourth-order valence-corrected chi connectivity index (χ4v) is 0.776. The maximum atomic E-state index is 8.92. The van der Waals surface area contributed by atoms with Crippen LogP contribution < -0.4 is 0 Å². The van der Waals surface area contributed by atoms with E-state index in [1.807, 2.05) is 0 Å². The van der Waals surface area contributed by atoms with Gasteiger partial charge in [0.25, 0.3) is 0 Å². The van der Waals surface area contributed by atoms with E-state index in [0.29, 0.717) is 6.61 Å². The molecule has 0 aromatic rings.